The standard InChI is InChI=1S/C12H17N3OS/c1-16-9-6-13-4-7-15-8-5-14-12(15)11-3-2-10-17-11/h2-3,5,8,10,13H,4,6-7,9H2,1H3. The van der Waals surface area contributed by atoms with E-state index in [0.717, 1.165) is 32.1 Å². The minimum Gasteiger partial charge on any atom is -0.383 e. The average molecular weight is 251 g/mol. The molecule has 0 aromatic carbocycles. The van der Waals surface area contributed by atoms with Crippen LogP contribution in [-0.2, 0) is 11.3 Å². The van der Waals surface area contributed by atoms with Crippen LogP contribution < -0.4 is 5.32 Å². The fourth-order valence-corrected chi connectivity index (χ4v) is 2.36. The first-order valence-electron chi connectivity index (χ1n) is 5.66. The Hall–Kier alpha value is -1.17. The zero-order valence-corrected chi connectivity index (χ0v) is 10.7. The largest absolute Gasteiger partial charge is 0.383 e. The smallest absolute Gasteiger partial charge is 0.150 e. The molecule has 4 nitrogen and oxygen atoms in total. The summed E-state index contributed by atoms with van der Waals surface area (Å²) in [7, 11) is 1.71. The molecule has 2 aromatic heterocycles. The summed E-state index contributed by atoms with van der Waals surface area (Å²) >= 11 is 1.72. The lowest BCUT2D eigenvalue weighted by Crippen LogP contribution is -2.23. The van der Waals surface area contributed by atoms with Crippen molar-refractivity contribution in [1.82, 2.24) is 14.9 Å². The third-order valence-electron chi connectivity index (χ3n) is 2.47. The summed E-state index contributed by atoms with van der Waals surface area (Å²) in [4.78, 5) is 5.61. The zero-order chi connectivity index (χ0) is 11.9. The summed E-state index contributed by atoms with van der Waals surface area (Å²) in [6.45, 7) is 3.50. The molecule has 2 aromatic rings. The van der Waals surface area contributed by atoms with Crippen molar-refractivity contribution >= 4 is 11.3 Å². The molecule has 0 bridgehead atoms. The molecule has 0 fully saturated rings. The lowest BCUT2D eigenvalue weighted by molar-refractivity contribution is 0.199. The molecule has 0 aliphatic rings. The van der Waals surface area contributed by atoms with E-state index in [4.69, 9.17) is 4.74 Å². The lowest BCUT2D eigenvalue weighted by Gasteiger charge is -2.07. The van der Waals surface area contributed by atoms with Gasteiger partial charge in [-0.15, -0.1) is 11.3 Å². The van der Waals surface area contributed by atoms with Gasteiger partial charge in [0.2, 0.25) is 0 Å². The maximum atomic E-state index is 4.98. The summed E-state index contributed by atoms with van der Waals surface area (Å²) in [5, 5.41) is 5.40. The second-order valence-corrected chi connectivity index (χ2v) is 4.61. The molecule has 0 amide bonds. The Kier molecular flexibility index (Phi) is 4.73. The molecule has 92 valence electrons. The van der Waals surface area contributed by atoms with E-state index in [1.54, 1.807) is 18.4 Å². The van der Waals surface area contributed by atoms with Crippen LogP contribution in [-0.4, -0.2) is 36.4 Å². The first kappa shape index (κ1) is 12.3. The van der Waals surface area contributed by atoms with Crippen LogP contribution in [0.25, 0.3) is 10.7 Å². The van der Waals surface area contributed by atoms with Gasteiger partial charge in [0, 0.05) is 39.1 Å². The van der Waals surface area contributed by atoms with Crippen molar-refractivity contribution in [3.05, 3.63) is 29.9 Å². The summed E-state index contributed by atoms with van der Waals surface area (Å²) in [6.07, 6.45) is 3.87. The van der Waals surface area contributed by atoms with Gasteiger partial charge < -0.3 is 14.6 Å². The number of hydrogen-bond donors (Lipinski definition) is 1. The van der Waals surface area contributed by atoms with Gasteiger partial charge >= 0.3 is 0 Å². The van der Waals surface area contributed by atoms with Crippen molar-refractivity contribution in [2.24, 2.45) is 0 Å². The molecule has 0 aliphatic heterocycles. The van der Waals surface area contributed by atoms with E-state index in [2.05, 4.69) is 32.4 Å². The van der Waals surface area contributed by atoms with Gasteiger partial charge in [-0.1, -0.05) is 6.07 Å². The molecular weight excluding hydrogens is 234 g/mol. The van der Waals surface area contributed by atoms with Crippen molar-refractivity contribution in [2.45, 2.75) is 6.54 Å². The summed E-state index contributed by atoms with van der Waals surface area (Å²) < 4.78 is 7.15. The van der Waals surface area contributed by atoms with Crippen LogP contribution >= 0.6 is 11.3 Å². The highest BCUT2D eigenvalue weighted by molar-refractivity contribution is 7.13. The van der Waals surface area contributed by atoms with Crippen LogP contribution in [0.5, 0.6) is 0 Å². The molecule has 1 N–H and O–H groups in total. The monoisotopic (exact) mass is 251 g/mol. The van der Waals surface area contributed by atoms with Crippen molar-refractivity contribution in [1.29, 1.82) is 0 Å². The van der Waals surface area contributed by atoms with Crippen LogP contribution in [0.3, 0.4) is 0 Å². The Morgan fingerprint density at radius 3 is 3.18 bits per heavy atom. The number of imidazole rings is 1. The molecule has 0 aliphatic carbocycles. The summed E-state index contributed by atoms with van der Waals surface area (Å²) in [5.41, 5.74) is 0. The topological polar surface area (TPSA) is 39.1 Å². The number of ether oxygens (including phenoxy) is 1. The van der Waals surface area contributed by atoms with E-state index < -0.39 is 0 Å². The first-order valence-corrected chi connectivity index (χ1v) is 6.54. The fourth-order valence-electron chi connectivity index (χ4n) is 1.62. The molecule has 0 radical (unpaired) electrons. The Bertz CT molecular complexity index is 425. The highest BCUT2D eigenvalue weighted by Gasteiger charge is 2.05. The fraction of sp³-hybridized carbons (Fsp3) is 0.417. The van der Waals surface area contributed by atoms with Crippen LogP contribution in [0, 0.1) is 0 Å². The van der Waals surface area contributed by atoms with Crippen LogP contribution in [0.4, 0.5) is 0 Å². The third kappa shape index (κ3) is 3.39. The Morgan fingerprint density at radius 2 is 2.41 bits per heavy atom. The first-order chi connectivity index (χ1) is 8.42. The van der Waals surface area contributed by atoms with Gasteiger partial charge in [0.25, 0.3) is 0 Å². The van der Waals surface area contributed by atoms with Gasteiger partial charge in [0.15, 0.2) is 0 Å². The van der Waals surface area contributed by atoms with Crippen LogP contribution in [0.2, 0.25) is 0 Å². The SMILES string of the molecule is COCCNCCn1ccnc1-c1cccs1. The predicted molar refractivity (Wildman–Crippen MR) is 70.3 cm³/mol. The number of nitrogens with one attached hydrogen (secondary N) is 1. The number of aromatic nitrogens is 2. The van der Waals surface area contributed by atoms with Crippen molar-refractivity contribution < 1.29 is 4.74 Å². The average Bonchev–Trinajstić information content (AvgIpc) is 2.98. The van der Waals surface area contributed by atoms with E-state index >= 15 is 0 Å². The second-order valence-electron chi connectivity index (χ2n) is 3.66. The van der Waals surface area contributed by atoms with Crippen molar-refractivity contribution in [3.63, 3.8) is 0 Å². The molecular formula is C12H17N3OS. The van der Waals surface area contributed by atoms with E-state index in [1.165, 1.54) is 4.88 Å². The maximum Gasteiger partial charge on any atom is 0.150 e. The van der Waals surface area contributed by atoms with E-state index in [1.807, 2.05) is 12.4 Å². The lowest BCUT2D eigenvalue weighted by atomic mass is 10.4. The maximum absolute atomic E-state index is 4.98. The van der Waals surface area contributed by atoms with E-state index in [9.17, 15) is 0 Å². The molecule has 0 saturated carbocycles. The highest BCUT2D eigenvalue weighted by atomic mass is 32.1. The molecule has 17 heavy (non-hydrogen) atoms. The molecule has 5 heteroatoms. The number of rotatable bonds is 7. The number of methoxy groups -OCH3 is 1. The van der Waals surface area contributed by atoms with Crippen LogP contribution in [0.1, 0.15) is 0 Å². The van der Waals surface area contributed by atoms with Crippen molar-refractivity contribution in [2.75, 3.05) is 26.8 Å². The Labute approximate surface area is 105 Å². The third-order valence-corrected chi connectivity index (χ3v) is 3.34. The normalized spacial score (nSPS) is 10.9. The Balaban J connectivity index is 1.87. The summed E-state index contributed by atoms with van der Waals surface area (Å²) in [6, 6.07) is 4.15. The molecule has 0 unspecified atom stereocenters. The summed E-state index contributed by atoms with van der Waals surface area (Å²) in [5.74, 6) is 1.05. The minimum absolute atomic E-state index is 0.752. The second kappa shape index (κ2) is 6.54. The quantitative estimate of drug-likeness (QED) is 0.763. The number of thiophene rings is 1. The number of hydrogen-bond acceptors (Lipinski definition) is 4. The predicted octanol–water partition coefficient (Wildman–Crippen LogP) is 1.85. The minimum atomic E-state index is 0.752. The van der Waals surface area contributed by atoms with Gasteiger partial charge in [-0.25, -0.2) is 4.98 Å². The van der Waals surface area contributed by atoms with Crippen LogP contribution in [0.15, 0.2) is 29.9 Å². The number of nitrogens with zero attached hydrogens (tertiary/aromatic N) is 2. The van der Waals surface area contributed by atoms with Crippen molar-refractivity contribution in [3.8, 4) is 10.7 Å². The van der Waals surface area contributed by atoms with Gasteiger partial charge in [-0.3, -0.25) is 0 Å². The van der Waals surface area contributed by atoms with Gasteiger partial charge in [-0.05, 0) is 11.4 Å². The van der Waals surface area contributed by atoms with Gasteiger partial charge in [0.1, 0.15) is 5.82 Å². The highest BCUT2D eigenvalue weighted by Crippen LogP contribution is 2.22. The zero-order valence-electron chi connectivity index (χ0n) is 9.93. The van der Waals surface area contributed by atoms with E-state index in [-0.39, 0.29) is 0 Å². The Morgan fingerprint density at radius 1 is 1.47 bits per heavy atom. The molecule has 0 spiro atoms. The molecule has 0 atom stereocenters. The van der Waals surface area contributed by atoms with Gasteiger partial charge in [-0.2, -0.15) is 0 Å². The van der Waals surface area contributed by atoms with Gasteiger partial charge in [0.05, 0.1) is 11.5 Å². The molecule has 2 rings (SSSR count). The molecule has 2 heterocycles. The molecule has 0 saturated heterocycles. The van der Waals surface area contributed by atoms with E-state index in [0.29, 0.717) is 0 Å².